The fourth-order valence-corrected chi connectivity index (χ4v) is 9.84. The number of ether oxygens (including phenoxy) is 3. The van der Waals surface area contributed by atoms with Crippen molar-refractivity contribution < 1.29 is 49.6 Å². The van der Waals surface area contributed by atoms with E-state index in [-0.39, 0.29) is 41.8 Å². The summed E-state index contributed by atoms with van der Waals surface area (Å²) in [5.41, 5.74) is -0.966. The molecule has 5 unspecified atom stereocenters. The van der Waals surface area contributed by atoms with E-state index in [1.807, 2.05) is 6.92 Å². The highest BCUT2D eigenvalue weighted by Gasteiger charge is 2.70. The number of esters is 1. The number of hydrogen-bond donors (Lipinski definition) is 6. The minimum atomic E-state index is -1.47. The van der Waals surface area contributed by atoms with Gasteiger partial charge in [-0.3, -0.25) is 0 Å². The minimum absolute atomic E-state index is 0.0543. The van der Waals surface area contributed by atoms with Gasteiger partial charge in [-0.25, -0.2) is 4.79 Å². The molecular weight excluding hydrogens is 508 g/mol. The molecule has 6 aliphatic rings. The summed E-state index contributed by atoms with van der Waals surface area (Å²) >= 11 is 0. The molecule has 6 N–H and O–H groups in total. The molecule has 0 aromatic heterocycles. The Hall–Kier alpha value is -1.11. The monoisotopic (exact) mass is 552 g/mol. The van der Waals surface area contributed by atoms with E-state index in [0.717, 1.165) is 37.7 Å². The second kappa shape index (κ2) is 9.73. The van der Waals surface area contributed by atoms with Crippen LogP contribution in [-0.2, 0) is 19.0 Å². The summed E-state index contributed by atoms with van der Waals surface area (Å²) < 4.78 is 16.9. The third-order valence-electron chi connectivity index (χ3n) is 12.2. The van der Waals surface area contributed by atoms with Crippen molar-refractivity contribution in [1.29, 1.82) is 0 Å². The average Bonchev–Trinajstić information content (AvgIpc) is 3.46. The van der Waals surface area contributed by atoms with Gasteiger partial charge in [-0.2, -0.15) is 0 Å². The molecule has 0 aromatic rings. The van der Waals surface area contributed by atoms with Crippen molar-refractivity contribution in [2.75, 3.05) is 13.2 Å². The molecule has 2 heterocycles. The van der Waals surface area contributed by atoms with E-state index < -0.39 is 54.4 Å². The summed E-state index contributed by atoms with van der Waals surface area (Å²) in [5, 5.41) is 64.3. The molecule has 14 atom stereocenters. The lowest BCUT2D eigenvalue weighted by atomic mass is 9.42. The van der Waals surface area contributed by atoms with Crippen molar-refractivity contribution in [3.05, 3.63) is 11.6 Å². The Morgan fingerprint density at radius 3 is 2.44 bits per heavy atom. The lowest BCUT2D eigenvalue weighted by Crippen LogP contribution is -2.67. The van der Waals surface area contributed by atoms with E-state index in [1.54, 1.807) is 6.08 Å². The highest BCUT2D eigenvalue weighted by atomic mass is 16.7. The molecule has 39 heavy (non-hydrogen) atoms. The summed E-state index contributed by atoms with van der Waals surface area (Å²) in [6.07, 6.45) is 0.134. The molecule has 1 saturated heterocycles. The zero-order valence-corrected chi connectivity index (χ0v) is 22.8. The molecule has 0 aromatic carbocycles. The molecule has 10 heteroatoms. The Labute approximate surface area is 229 Å². The smallest absolute Gasteiger partial charge is 0.331 e. The minimum Gasteiger partial charge on any atom is -0.458 e. The summed E-state index contributed by atoms with van der Waals surface area (Å²) in [5.74, 6) is 0.0646. The van der Waals surface area contributed by atoms with Crippen LogP contribution in [0.2, 0.25) is 0 Å². The molecule has 0 bridgehead atoms. The van der Waals surface area contributed by atoms with Gasteiger partial charge in [0, 0.05) is 11.5 Å². The summed E-state index contributed by atoms with van der Waals surface area (Å²) in [4.78, 5) is 11.8. The topological polar surface area (TPSA) is 166 Å². The molecule has 2 aliphatic heterocycles. The first-order valence-corrected chi connectivity index (χ1v) is 14.7. The van der Waals surface area contributed by atoms with Crippen molar-refractivity contribution in [2.24, 2.45) is 34.5 Å². The largest absolute Gasteiger partial charge is 0.458 e. The van der Waals surface area contributed by atoms with Crippen LogP contribution in [0.4, 0.5) is 0 Å². The van der Waals surface area contributed by atoms with Gasteiger partial charge in [-0.1, -0.05) is 13.8 Å². The van der Waals surface area contributed by atoms with Gasteiger partial charge in [0.25, 0.3) is 0 Å². The number of aliphatic hydroxyl groups excluding tert-OH is 5. The zero-order chi connectivity index (χ0) is 27.9. The van der Waals surface area contributed by atoms with Crippen LogP contribution < -0.4 is 0 Å². The van der Waals surface area contributed by atoms with Crippen molar-refractivity contribution in [3.63, 3.8) is 0 Å². The third-order valence-corrected chi connectivity index (χ3v) is 12.2. The van der Waals surface area contributed by atoms with Crippen LogP contribution in [0.3, 0.4) is 0 Å². The predicted octanol–water partition coefficient (Wildman–Crippen LogP) is 0.399. The lowest BCUT2D eigenvalue weighted by molar-refractivity contribution is -0.317. The summed E-state index contributed by atoms with van der Waals surface area (Å²) in [7, 11) is 0. The molecule has 6 rings (SSSR count). The quantitative estimate of drug-likeness (QED) is 0.212. The van der Waals surface area contributed by atoms with E-state index in [1.165, 1.54) is 0 Å². The molecule has 4 aliphatic carbocycles. The van der Waals surface area contributed by atoms with E-state index in [9.17, 15) is 35.4 Å². The van der Waals surface area contributed by atoms with Crippen molar-refractivity contribution in [3.8, 4) is 0 Å². The SMILES string of the molecule is C[C@]12[C@H](O)CC3C(CC[C@@H]4C[C@@H](O[C@@H]5OC(CO)[C@@H](O)C(O)C5O)CC[C@]34C)[C@@]1(O)CC[C@@H]2C1=CC(=O)OC1. The Kier molecular flexibility index (Phi) is 6.99. The highest BCUT2D eigenvalue weighted by Crippen LogP contribution is 2.70. The van der Waals surface area contributed by atoms with Crippen LogP contribution >= 0.6 is 0 Å². The van der Waals surface area contributed by atoms with E-state index in [0.29, 0.717) is 25.2 Å². The summed E-state index contributed by atoms with van der Waals surface area (Å²) in [6, 6.07) is 0. The molecule has 4 saturated carbocycles. The van der Waals surface area contributed by atoms with E-state index in [4.69, 9.17) is 14.2 Å². The number of aliphatic hydroxyl groups is 6. The molecular formula is C29H44O10. The maximum atomic E-state index is 12.4. The van der Waals surface area contributed by atoms with Gasteiger partial charge in [0.15, 0.2) is 6.29 Å². The standard InChI is InChI=1S/C29H44O10/c1-27-7-5-16(38-26-25(35)24(34)23(33)20(12-30)39-26)10-15(27)3-4-18-19(27)11-21(31)28(2)17(6-8-29(18,28)36)14-9-22(32)37-13-14/h9,15-21,23-26,30-31,33-36H,3-8,10-13H2,1-2H3/t15-,16+,17-,18?,19?,20?,21-,23-,24?,25?,26-,27+,28+,29+/m1/s1. The average molecular weight is 553 g/mol. The summed E-state index contributed by atoms with van der Waals surface area (Å²) in [6.45, 7) is 4.04. The molecule has 220 valence electrons. The first-order chi connectivity index (χ1) is 18.4. The first kappa shape index (κ1) is 28.0. The number of carbonyl (C=O) groups is 1. The van der Waals surface area contributed by atoms with Crippen molar-refractivity contribution >= 4 is 5.97 Å². The fraction of sp³-hybridized carbons (Fsp3) is 0.897. The first-order valence-electron chi connectivity index (χ1n) is 14.7. The number of cyclic esters (lactones) is 1. The molecule has 0 amide bonds. The Balaban J connectivity index is 1.18. The molecule has 0 spiro atoms. The Bertz CT molecular complexity index is 1000. The maximum absolute atomic E-state index is 12.4. The number of hydrogen-bond acceptors (Lipinski definition) is 10. The van der Waals surface area contributed by atoms with Crippen molar-refractivity contribution in [2.45, 2.75) is 114 Å². The van der Waals surface area contributed by atoms with E-state index in [2.05, 4.69) is 6.92 Å². The number of fused-ring (bicyclic) bond motifs is 5. The lowest BCUT2D eigenvalue weighted by Gasteiger charge is -2.65. The van der Waals surface area contributed by atoms with Crippen LogP contribution in [0.5, 0.6) is 0 Å². The van der Waals surface area contributed by atoms with Crippen LogP contribution in [-0.4, -0.2) is 98.3 Å². The number of carbonyl (C=O) groups excluding carboxylic acids is 1. The molecule has 10 nitrogen and oxygen atoms in total. The predicted molar refractivity (Wildman–Crippen MR) is 136 cm³/mol. The Morgan fingerprint density at radius 2 is 1.74 bits per heavy atom. The van der Waals surface area contributed by atoms with Gasteiger partial charge < -0.3 is 44.8 Å². The maximum Gasteiger partial charge on any atom is 0.331 e. The van der Waals surface area contributed by atoms with Gasteiger partial charge in [-0.05, 0) is 86.0 Å². The highest BCUT2D eigenvalue weighted by molar-refractivity contribution is 5.85. The van der Waals surface area contributed by atoms with Gasteiger partial charge in [0.05, 0.1) is 24.4 Å². The Morgan fingerprint density at radius 1 is 0.974 bits per heavy atom. The van der Waals surface area contributed by atoms with Crippen LogP contribution in [0.1, 0.15) is 65.2 Å². The van der Waals surface area contributed by atoms with Gasteiger partial charge in [0.2, 0.25) is 0 Å². The van der Waals surface area contributed by atoms with Gasteiger partial charge >= 0.3 is 5.97 Å². The van der Waals surface area contributed by atoms with E-state index >= 15 is 0 Å². The normalized spacial score (nSPS) is 55.3. The second-order valence-electron chi connectivity index (χ2n) is 13.6. The zero-order valence-electron chi connectivity index (χ0n) is 22.8. The molecule has 5 fully saturated rings. The molecule has 0 radical (unpaired) electrons. The van der Waals surface area contributed by atoms with Crippen molar-refractivity contribution in [1.82, 2.24) is 0 Å². The van der Waals surface area contributed by atoms with Crippen LogP contribution in [0, 0.1) is 34.5 Å². The fourth-order valence-electron chi connectivity index (χ4n) is 9.84. The number of rotatable bonds is 4. The van der Waals surface area contributed by atoms with Crippen LogP contribution in [0.25, 0.3) is 0 Å². The third kappa shape index (κ3) is 4.00. The van der Waals surface area contributed by atoms with Crippen LogP contribution in [0.15, 0.2) is 11.6 Å². The van der Waals surface area contributed by atoms with Gasteiger partial charge in [0.1, 0.15) is 31.0 Å². The second-order valence-corrected chi connectivity index (χ2v) is 13.6. The van der Waals surface area contributed by atoms with Gasteiger partial charge in [-0.15, -0.1) is 0 Å².